The van der Waals surface area contributed by atoms with E-state index in [2.05, 4.69) is 0 Å². The molecule has 1 unspecified atom stereocenters. The van der Waals surface area contributed by atoms with Crippen molar-refractivity contribution in [1.29, 1.82) is 0 Å². The first-order valence-corrected chi connectivity index (χ1v) is 8.35. The summed E-state index contributed by atoms with van der Waals surface area (Å²) in [5.74, 6) is 0.0659. The van der Waals surface area contributed by atoms with Crippen LogP contribution in [0.1, 0.15) is 24.6 Å². The van der Waals surface area contributed by atoms with Gasteiger partial charge in [0.25, 0.3) is 0 Å². The lowest BCUT2D eigenvalue weighted by molar-refractivity contribution is -0.198. The average molecular weight is 307 g/mol. The zero-order valence-corrected chi connectivity index (χ0v) is 13.1. The van der Waals surface area contributed by atoms with Crippen molar-refractivity contribution < 1.29 is 14.3 Å². The number of ether oxygens (including phenoxy) is 2. The van der Waals surface area contributed by atoms with E-state index in [0.717, 1.165) is 30.9 Å². The molecule has 0 radical (unpaired) electrons. The molecule has 0 aromatic carbocycles. The third-order valence-electron chi connectivity index (χ3n) is 4.05. The van der Waals surface area contributed by atoms with E-state index in [1.807, 2.05) is 35.4 Å². The summed E-state index contributed by atoms with van der Waals surface area (Å²) < 4.78 is 11.6. The van der Waals surface area contributed by atoms with Crippen LogP contribution in [0.25, 0.3) is 6.08 Å². The van der Waals surface area contributed by atoms with Gasteiger partial charge in [-0.15, -0.1) is 11.3 Å². The van der Waals surface area contributed by atoms with E-state index in [1.165, 1.54) is 0 Å². The van der Waals surface area contributed by atoms with E-state index in [0.29, 0.717) is 13.1 Å². The van der Waals surface area contributed by atoms with Gasteiger partial charge in [-0.05, 0) is 30.9 Å². The minimum Gasteiger partial charge on any atom is -0.378 e. The van der Waals surface area contributed by atoms with Gasteiger partial charge in [-0.1, -0.05) is 6.07 Å². The van der Waals surface area contributed by atoms with Gasteiger partial charge >= 0.3 is 0 Å². The number of carbonyl (C=O) groups is 1. The summed E-state index contributed by atoms with van der Waals surface area (Å²) in [5.41, 5.74) is -0.162. The summed E-state index contributed by atoms with van der Waals surface area (Å²) >= 11 is 1.63. The minimum absolute atomic E-state index is 0.0659. The second kappa shape index (κ2) is 6.30. The topological polar surface area (TPSA) is 38.8 Å². The Labute approximate surface area is 129 Å². The van der Waals surface area contributed by atoms with Gasteiger partial charge in [0.1, 0.15) is 5.60 Å². The molecule has 0 N–H and O–H groups in total. The molecule has 2 aliphatic rings. The maximum absolute atomic E-state index is 12.1. The molecule has 2 fully saturated rings. The van der Waals surface area contributed by atoms with Crippen molar-refractivity contribution >= 4 is 23.3 Å². The van der Waals surface area contributed by atoms with E-state index < -0.39 is 0 Å². The standard InChI is InChI=1S/C16H21NO3S/c1-2-19-13-7-8-20-16(10-13)11-17(12-16)15(18)6-5-14-4-3-9-21-14/h3-6,9,13H,2,7-8,10-12H2,1H3/b6-5+. The van der Waals surface area contributed by atoms with Gasteiger partial charge in [-0.25, -0.2) is 0 Å². The van der Waals surface area contributed by atoms with Gasteiger partial charge in [0, 0.05) is 30.6 Å². The second-order valence-corrected chi connectivity index (χ2v) is 6.62. The molecule has 1 aromatic rings. The first-order valence-electron chi connectivity index (χ1n) is 7.47. The Morgan fingerprint density at radius 1 is 1.62 bits per heavy atom. The predicted octanol–water partition coefficient (Wildman–Crippen LogP) is 2.56. The van der Waals surface area contributed by atoms with E-state index in [-0.39, 0.29) is 17.6 Å². The number of amides is 1. The van der Waals surface area contributed by atoms with Gasteiger partial charge < -0.3 is 14.4 Å². The number of carbonyl (C=O) groups excluding carboxylic acids is 1. The average Bonchev–Trinajstić information content (AvgIpc) is 2.96. The number of hydrogen-bond acceptors (Lipinski definition) is 4. The monoisotopic (exact) mass is 307 g/mol. The van der Waals surface area contributed by atoms with E-state index in [4.69, 9.17) is 9.47 Å². The Hall–Kier alpha value is -1.17. The molecule has 3 rings (SSSR count). The molecule has 4 nitrogen and oxygen atoms in total. The number of likely N-dealkylation sites (tertiary alicyclic amines) is 1. The summed E-state index contributed by atoms with van der Waals surface area (Å²) in [7, 11) is 0. The molecule has 1 atom stereocenters. The first kappa shape index (κ1) is 14.8. The summed E-state index contributed by atoms with van der Waals surface area (Å²) in [5, 5.41) is 2.01. The highest BCUT2D eigenvalue weighted by Gasteiger charge is 2.49. The van der Waals surface area contributed by atoms with Crippen molar-refractivity contribution in [1.82, 2.24) is 4.90 Å². The molecule has 2 aliphatic heterocycles. The molecule has 0 saturated carbocycles. The SMILES string of the molecule is CCOC1CCOC2(C1)CN(C(=O)/C=C/c1cccs1)C2. The lowest BCUT2D eigenvalue weighted by atomic mass is 9.84. The Balaban J connectivity index is 1.51. The summed E-state index contributed by atoms with van der Waals surface area (Å²) in [6, 6.07) is 3.99. The van der Waals surface area contributed by atoms with Crippen LogP contribution in [0.2, 0.25) is 0 Å². The third-order valence-corrected chi connectivity index (χ3v) is 4.89. The number of nitrogens with zero attached hydrogens (tertiary/aromatic N) is 1. The first-order chi connectivity index (χ1) is 10.2. The Bertz CT molecular complexity index is 504. The van der Waals surface area contributed by atoms with Crippen LogP contribution in [0.3, 0.4) is 0 Å². The molecule has 5 heteroatoms. The lowest BCUT2D eigenvalue weighted by Crippen LogP contribution is -2.67. The number of thiophene rings is 1. The van der Waals surface area contributed by atoms with E-state index in [1.54, 1.807) is 17.4 Å². The van der Waals surface area contributed by atoms with E-state index in [9.17, 15) is 4.79 Å². The molecule has 21 heavy (non-hydrogen) atoms. The maximum atomic E-state index is 12.1. The van der Waals surface area contributed by atoms with Gasteiger partial charge in [-0.3, -0.25) is 4.79 Å². The van der Waals surface area contributed by atoms with Crippen molar-refractivity contribution in [2.24, 2.45) is 0 Å². The van der Waals surface area contributed by atoms with Crippen LogP contribution < -0.4 is 0 Å². The van der Waals surface area contributed by atoms with Gasteiger partial charge in [0.15, 0.2) is 0 Å². The Kier molecular flexibility index (Phi) is 4.42. The Morgan fingerprint density at radius 3 is 3.19 bits per heavy atom. The van der Waals surface area contributed by atoms with Crippen LogP contribution >= 0.6 is 11.3 Å². The highest BCUT2D eigenvalue weighted by Crippen LogP contribution is 2.35. The fraction of sp³-hybridized carbons (Fsp3) is 0.562. The van der Waals surface area contributed by atoms with Crippen LogP contribution in [-0.2, 0) is 14.3 Å². The third kappa shape index (κ3) is 3.36. The number of rotatable bonds is 4. The quantitative estimate of drug-likeness (QED) is 0.803. The van der Waals surface area contributed by atoms with Gasteiger partial charge in [0.05, 0.1) is 19.2 Å². The van der Waals surface area contributed by atoms with Gasteiger partial charge in [-0.2, -0.15) is 0 Å². The lowest BCUT2D eigenvalue weighted by Gasteiger charge is -2.52. The number of hydrogen-bond donors (Lipinski definition) is 0. The van der Waals surface area contributed by atoms with Crippen molar-refractivity contribution in [3.05, 3.63) is 28.5 Å². The fourth-order valence-corrected chi connectivity index (χ4v) is 3.65. The highest BCUT2D eigenvalue weighted by atomic mass is 32.1. The van der Waals surface area contributed by atoms with Crippen LogP contribution in [0.15, 0.2) is 23.6 Å². The molecule has 2 saturated heterocycles. The molecular weight excluding hydrogens is 286 g/mol. The Morgan fingerprint density at radius 2 is 2.48 bits per heavy atom. The van der Waals surface area contributed by atoms with E-state index >= 15 is 0 Å². The van der Waals surface area contributed by atoms with Crippen LogP contribution in [-0.4, -0.2) is 48.8 Å². The van der Waals surface area contributed by atoms with Crippen molar-refractivity contribution in [3.63, 3.8) is 0 Å². The normalized spacial score (nSPS) is 24.4. The predicted molar refractivity (Wildman–Crippen MR) is 83.3 cm³/mol. The molecule has 114 valence electrons. The van der Waals surface area contributed by atoms with Crippen molar-refractivity contribution in [2.45, 2.75) is 31.5 Å². The largest absolute Gasteiger partial charge is 0.378 e. The summed E-state index contributed by atoms with van der Waals surface area (Å²) in [6.07, 6.45) is 5.67. The van der Waals surface area contributed by atoms with Crippen LogP contribution in [0.4, 0.5) is 0 Å². The zero-order valence-electron chi connectivity index (χ0n) is 12.3. The molecule has 1 amide bonds. The second-order valence-electron chi connectivity index (χ2n) is 5.64. The molecular formula is C16H21NO3S. The zero-order chi connectivity index (χ0) is 14.7. The van der Waals surface area contributed by atoms with Crippen LogP contribution in [0.5, 0.6) is 0 Å². The molecule has 1 aromatic heterocycles. The van der Waals surface area contributed by atoms with Crippen LogP contribution in [0, 0.1) is 0 Å². The smallest absolute Gasteiger partial charge is 0.246 e. The van der Waals surface area contributed by atoms with Crippen molar-refractivity contribution in [3.8, 4) is 0 Å². The molecule has 0 aliphatic carbocycles. The van der Waals surface area contributed by atoms with Gasteiger partial charge in [0.2, 0.25) is 5.91 Å². The molecule has 1 spiro atoms. The summed E-state index contributed by atoms with van der Waals surface area (Å²) in [4.78, 5) is 15.1. The molecule has 0 bridgehead atoms. The fourth-order valence-electron chi connectivity index (χ4n) is 3.03. The molecule has 3 heterocycles. The minimum atomic E-state index is -0.162. The van der Waals surface area contributed by atoms with Crippen molar-refractivity contribution in [2.75, 3.05) is 26.3 Å². The maximum Gasteiger partial charge on any atom is 0.246 e. The highest BCUT2D eigenvalue weighted by molar-refractivity contribution is 7.10. The summed E-state index contributed by atoms with van der Waals surface area (Å²) in [6.45, 7) is 4.87.